The Morgan fingerprint density at radius 2 is 1.90 bits per heavy atom. The zero-order valence-corrected chi connectivity index (χ0v) is 12.6. The van der Waals surface area contributed by atoms with Gasteiger partial charge in [0.2, 0.25) is 0 Å². The molecule has 0 atom stereocenters. The third-order valence-corrected chi connectivity index (χ3v) is 4.55. The molecule has 0 spiro atoms. The maximum atomic E-state index is 11.4. The summed E-state index contributed by atoms with van der Waals surface area (Å²) in [7, 11) is 0. The Morgan fingerprint density at radius 3 is 2.62 bits per heavy atom. The zero-order chi connectivity index (χ0) is 14.5. The van der Waals surface area contributed by atoms with Crippen LogP contribution in [-0.2, 0) is 11.3 Å². The van der Waals surface area contributed by atoms with Crippen molar-refractivity contribution in [2.45, 2.75) is 19.4 Å². The fourth-order valence-corrected chi connectivity index (χ4v) is 3.30. The number of aromatic nitrogens is 1. The van der Waals surface area contributed by atoms with Crippen LogP contribution in [0.2, 0.25) is 0 Å². The lowest BCUT2D eigenvalue weighted by Crippen LogP contribution is -2.42. The molecular weight excluding hydrogens is 266 g/mol. The number of piperidine rings is 1. The molecule has 1 aromatic heterocycles. The number of hydrogen-bond acceptors (Lipinski definition) is 4. The van der Waals surface area contributed by atoms with E-state index < -0.39 is 0 Å². The van der Waals surface area contributed by atoms with Crippen LogP contribution in [0.3, 0.4) is 0 Å². The van der Waals surface area contributed by atoms with Gasteiger partial charge in [-0.3, -0.25) is 14.6 Å². The van der Waals surface area contributed by atoms with E-state index >= 15 is 0 Å². The van der Waals surface area contributed by atoms with Crippen molar-refractivity contribution < 1.29 is 4.74 Å². The van der Waals surface area contributed by atoms with E-state index in [1.165, 1.54) is 19.4 Å². The molecule has 0 saturated carbocycles. The van der Waals surface area contributed by atoms with Crippen molar-refractivity contribution in [1.29, 1.82) is 0 Å². The molecule has 3 rings (SSSR count). The molecule has 0 unspecified atom stereocenters. The summed E-state index contributed by atoms with van der Waals surface area (Å²) in [5.41, 5.74) is 1.11. The number of rotatable bonds is 4. The molecule has 0 radical (unpaired) electrons. The molecule has 5 heteroatoms. The first-order valence-electron chi connectivity index (χ1n) is 8.00. The fourth-order valence-electron chi connectivity index (χ4n) is 3.30. The van der Waals surface area contributed by atoms with E-state index in [4.69, 9.17) is 4.74 Å². The normalized spacial score (nSPS) is 22.5. The Bertz CT molecular complexity index is 488. The van der Waals surface area contributed by atoms with Crippen molar-refractivity contribution in [3.05, 3.63) is 34.2 Å². The smallest absolute Gasteiger partial charge is 0.181 e. The Morgan fingerprint density at radius 1 is 1.14 bits per heavy atom. The molecule has 21 heavy (non-hydrogen) atoms. The summed E-state index contributed by atoms with van der Waals surface area (Å²) in [6.07, 6.45) is 4.26. The summed E-state index contributed by atoms with van der Waals surface area (Å²) in [5.74, 6) is 0.814. The minimum absolute atomic E-state index is 0.0888. The molecule has 5 nitrogen and oxygen atoms in total. The minimum Gasteiger partial charge on any atom is -0.379 e. The van der Waals surface area contributed by atoms with Crippen LogP contribution in [0, 0.1) is 5.92 Å². The van der Waals surface area contributed by atoms with Crippen LogP contribution in [0.15, 0.2) is 23.1 Å². The van der Waals surface area contributed by atoms with Crippen LogP contribution in [0.25, 0.3) is 0 Å². The van der Waals surface area contributed by atoms with Gasteiger partial charge in [0, 0.05) is 50.2 Å². The highest BCUT2D eigenvalue weighted by Gasteiger charge is 2.22. The molecule has 2 aliphatic heterocycles. The molecule has 3 heterocycles. The highest BCUT2D eigenvalue weighted by atomic mass is 16.5. The van der Waals surface area contributed by atoms with Gasteiger partial charge < -0.3 is 9.72 Å². The van der Waals surface area contributed by atoms with Gasteiger partial charge in [-0.25, -0.2) is 0 Å². The van der Waals surface area contributed by atoms with Crippen molar-refractivity contribution in [2.24, 2.45) is 5.92 Å². The number of morpholine rings is 1. The molecule has 0 aliphatic carbocycles. The van der Waals surface area contributed by atoms with Gasteiger partial charge in [0.15, 0.2) is 5.43 Å². The van der Waals surface area contributed by atoms with Crippen LogP contribution in [0.5, 0.6) is 0 Å². The third-order valence-electron chi connectivity index (χ3n) is 4.55. The second-order valence-electron chi connectivity index (χ2n) is 6.18. The first kappa shape index (κ1) is 14.8. The SMILES string of the molecule is O=c1cc[nH]c(CN2CCC(CN3CCOCC3)CC2)c1. The molecule has 2 saturated heterocycles. The molecule has 116 valence electrons. The van der Waals surface area contributed by atoms with Gasteiger partial charge in [-0.15, -0.1) is 0 Å². The van der Waals surface area contributed by atoms with E-state index in [0.717, 1.165) is 57.5 Å². The quantitative estimate of drug-likeness (QED) is 0.896. The monoisotopic (exact) mass is 291 g/mol. The van der Waals surface area contributed by atoms with Gasteiger partial charge >= 0.3 is 0 Å². The molecule has 1 aromatic rings. The van der Waals surface area contributed by atoms with Gasteiger partial charge in [-0.2, -0.15) is 0 Å². The number of H-pyrrole nitrogens is 1. The molecule has 0 aromatic carbocycles. The van der Waals surface area contributed by atoms with Crippen molar-refractivity contribution in [3.63, 3.8) is 0 Å². The minimum atomic E-state index is 0.0888. The lowest BCUT2D eigenvalue weighted by atomic mass is 9.96. The molecule has 0 bridgehead atoms. The summed E-state index contributed by atoms with van der Waals surface area (Å²) in [6, 6.07) is 3.28. The topological polar surface area (TPSA) is 48.6 Å². The van der Waals surface area contributed by atoms with Gasteiger partial charge in [0.05, 0.1) is 13.2 Å². The number of hydrogen-bond donors (Lipinski definition) is 1. The number of nitrogens with zero attached hydrogens (tertiary/aromatic N) is 2. The Hall–Kier alpha value is -1.17. The lowest BCUT2D eigenvalue weighted by molar-refractivity contribution is 0.0241. The van der Waals surface area contributed by atoms with E-state index in [-0.39, 0.29) is 5.43 Å². The summed E-state index contributed by atoms with van der Waals surface area (Å²) in [4.78, 5) is 19.5. The van der Waals surface area contributed by atoms with Crippen LogP contribution >= 0.6 is 0 Å². The van der Waals surface area contributed by atoms with Gasteiger partial charge in [-0.1, -0.05) is 0 Å². The molecule has 2 fully saturated rings. The summed E-state index contributed by atoms with van der Waals surface area (Å²) in [6.45, 7) is 8.30. The van der Waals surface area contributed by atoms with Crippen molar-refractivity contribution in [3.8, 4) is 0 Å². The average Bonchev–Trinajstić information content (AvgIpc) is 2.50. The molecule has 2 aliphatic rings. The highest BCUT2D eigenvalue weighted by Crippen LogP contribution is 2.20. The Kier molecular flexibility index (Phi) is 5.06. The summed E-state index contributed by atoms with van der Waals surface area (Å²) >= 11 is 0. The van der Waals surface area contributed by atoms with Crippen LogP contribution < -0.4 is 5.43 Å². The van der Waals surface area contributed by atoms with E-state index in [1.54, 1.807) is 18.3 Å². The van der Waals surface area contributed by atoms with Crippen molar-refractivity contribution >= 4 is 0 Å². The van der Waals surface area contributed by atoms with Gasteiger partial charge in [0.25, 0.3) is 0 Å². The maximum absolute atomic E-state index is 11.4. The Balaban J connectivity index is 1.43. The van der Waals surface area contributed by atoms with E-state index in [1.807, 2.05) is 0 Å². The van der Waals surface area contributed by atoms with E-state index in [0.29, 0.717) is 0 Å². The van der Waals surface area contributed by atoms with Crippen molar-refractivity contribution in [1.82, 2.24) is 14.8 Å². The van der Waals surface area contributed by atoms with Gasteiger partial charge in [0.1, 0.15) is 0 Å². The standard InChI is InChI=1S/C16H25N3O2/c20-16-1-4-17-15(11-16)13-18-5-2-14(3-6-18)12-19-7-9-21-10-8-19/h1,4,11,14H,2-3,5-10,12-13H2,(H,17,20). The van der Waals surface area contributed by atoms with Gasteiger partial charge in [-0.05, 0) is 31.8 Å². The molecular formula is C16H25N3O2. The first-order valence-corrected chi connectivity index (χ1v) is 8.00. The number of likely N-dealkylation sites (tertiary alicyclic amines) is 1. The number of pyridine rings is 1. The van der Waals surface area contributed by atoms with E-state index in [2.05, 4.69) is 14.8 Å². The number of ether oxygens (including phenoxy) is 1. The average molecular weight is 291 g/mol. The maximum Gasteiger partial charge on any atom is 0.181 e. The van der Waals surface area contributed by atoms with Crippen LogP contribution in [0.1, 0.15) is 18.5 Å². The number of aromatic amines is 1. The highest BCUT2D eigenvalue weighted by molar-refractivity contribution is 5.04. The number of nitrogens with one attached hydrogen (secondary N) is 1. The van der Waals surface area contributed by atoms with Crippen LogP contribution in [0.4, 0.5) is 0 Å². The zero-order valence-electron chi connectivity index (χ0n) is 12.6. The first-order chi connectivity index (χ1) is 10.3. The largest absolute Gasteiger partial charge is 0.379 e. The predicted octanol–water partition coefficient (Wildman–Crippen LogP) is 0.919. The van der Waals surface area contributed by atoms with Crippen LogP contribution in [-0.4, -0.2) is 60.7 Å². The van der Waals surface area contributed by atoms with E-state index in [9.17, 15) is 4.79 Å². The second-order valence-corrected chi connectivity index (χ2v) is 6.18. The van der Waals surface area contributed by atoms with Crippen molar-refractivity contribution in [2.75, 3.05) is 45.9 Å². The molecule has 0 amide bonds. The summed E-state index contributed by atoms with van der Waals surface area (Å²) in [5, 5.41) is 0. The summed E-state index contributed by atoms with van der Waals surface area (Å²) < 4.78 is 5.40. The molecule has 1 N–H and O–H groups in total. The predicted molar refractivity (Wildman–Crippen MR) is 82.3 cm³/mol. The Labute approximate surface area is 125 Å². The fraction of sp³-hybridized carbons (Fsp3) is 0.688. The lowest BCUT2D eigenvalue weighted by Gasteiger charge is -2.36. The second kappa shape index (κ2) is 7.20. The third kappa shape index (κ3) is 4.40.